The molecular weight excluding hydrogens is 299 g/mol. The van der Waals surface area contributed by atoms with Crippen LogP contribution in [0.25, 0.3) is 0 Å². The maximum Gasteiger partial charge on any atom is 0.408 e. The van der Waals surface area contributed by atoms with Crippen molar-refractivity contribution in [3.8, 4) is 17.6 Å². The van der Waals surface area contributed by atoms with Gasteiger partial charge in [-0.1, -0.05) is 0 Å². The van der Waals surface area contributed by atoms with Gasteiger partial charge in [-0.2, -0.15) is 18.4 Å². The normalized spacial score (nSPS) is 17.8. The fraction of sp³-hybridized carbons (Fsp3) is 0.500. The second-order valence-electron chi connectivity index (χ2n) is 4.92. The highest BCUT2D eigenvalue weighted by molar-refractivity contribution is 5.55. The summed E-state index contributed by atoms with van der Waals surface area (Å²) < 4.78 is 45.7. The predicted octanol–water partition coefficient (Wildman–Crippen LogP) is 1.78. The molecule has 2 N–H and O–H groups in total. The number of rotatable bonds is 3. The van der Waals surface area contributed by atoms with Crippen LogP contribution in [0.2, 0.25) is 0 Å². The van der Waals surface area contributed by atoms with E-state index in [1.54, 1.807) is 6.07 Å². The number of halogens is 3. The first-order valence-corrected chi connectivity index (χ1v) is 6.71. The molecule has 0 spiro atoms. The minimum absolute atomic E-state index is 0.0848. The molecule has 0 bridgehead atoms. The van der Waals surface area contributed by atoms with Gasteiger partial charge in [-0.3, -0.25) is 4.90 Å². The molecule has 1 atom stereocenters. The van der Waals surface area contributed by atoms with Crippen LogP contribution in [0, 0.1) is 11.3 Å². The Morgan fingerprint density at radius 2 is 2.00 bits per heavy atom. The Labute approximate surface area is 125 Å². The van der Waals surface area contributed by atoms with E-state index in [1.165, 1.54) is 24.1 Å². The second-order valence-corrected chi connectivity index (χ2v) is 4.92. The highest BCUT2D eigenvalue weighted by Gasteiger charge is 2.47. The quantitative estimate of drug-likeness (QED) is 0.890. The van der Waals surface area contributed by atoms with E-state index in [0.717, 1.165) is 0 Å². The zero-order chi connectivity index (χ0) is 16.3. The van der Waals surface area contributed by atoms with Crippen molar-refractivity contribution in [3.05, 3.63) is 23.3 Å². The van der Waals surface area contributed by atoms with E-state index in [1.807, 2.05) is 0 Å². The highest BCUT2D eigenvalue weighted by atomic mass is 19.4. The Morgan fingerprint density at radius 3 is 2.50 bits per heavy atom. The van der Waals surface area contributed by atoms with Crippen LogP contribution in [0.4, 0.5) is 13.2 Å². The fourth-order valence-electron chi connectivity index (χ4n) is 2.62. The van der Waals surface area contributed by atoms with Gasteiger partial charge in [-0.15, -0.1) is 0 Å². The average Bonchev–Trinajstić information content (AvgIpc) is 2.49. The number of hydrogen-bond donors (Lipinski definition) is 2. The third kappa shape index (κ3) is 3.10. The van der Waals surface area contributed by atoms with Gasteiger partial charge in [0.25, 0.3) is 0 Å². The van der Waals surface area contributed by atoms with Crippen LogP contribution in [0.15, 0.2) is 12.1 Å². The Hall–Kier alpha value is -1.98. The van der Waals surface area contributed by atoms with Gasteiger partial charge in [0, 0.05) is 31.7 Å². The van der Waals surface area contributed by atoms with Gasteiger partial charge in [-0.25, -0.2) is 0 Å². The molecule has 8 heteroatoms. The third-order valence-corrected chi connectivity index (χ3v) is 3.62. The Kier molecular flexibility index (Phi) is 4.78. The van der Waals surface area contributed by atoms with Crippen LogP contribution in [-0.2, 0) is 0 Å². The lowest BCUT2D eigenvalue weighted by Crippen LogP contribution is -2.49. The minimum atomic E-state index is -4.62. The molecule has 2 rings (SSSR count). The summed E-state index contributed by atoms with van der Waals surface area (Å²) >= 11 is 0. The minimum Gasteiger partial charge on any atom is -0.504 e. The molecule has 0 aromatic heterocycles. The maximum absolute atomic E-state index is 13.6. The number of phenolic OH excluding ortho intramolecular Hbond substituents is 1. The molecule has 1 heterocycles. The number of phenols is 1. The van der Waals surface area contributed by atoms with Crippen LogP contribution in [0.5, 0.6) is 11.5 Å². The smallest absolute Gasteiger partial charge is 0.408 e. The molecule has 0 unspecified atom stereocenters. The zero-order valence-corrected chi connectivity index (χ0v) is 11.9. The first-order chi connectivity index (χ1) is 10.4. The van der Waals surface area contributed by atoms with E-state index in [9.17, 15) is 18.3 Å². The average molecular weight is 315 g/mol. The van der Waals surface area contributed by atoms with Crippen molar-refractivity contribution < 1.29 is 23.0 Å². The van der Waals surface area contributed by atoms with E-state index >= 15 is 0 Å². The van der Waals surface area contributed by atoms with E-state index in [0.29, 0.717) is 13.1 Å². The zero-order valence-electron chi connectivity index (χ0n) is 11.9. The van der Waals surface area contributed by atoms with E-state index < -0.39 is 23.5 Å². The summed E-state index contributed by atoms with van der Waals surface area (Å²) in [7, 11) is 1.25. The van der Waals surface area contributed by atoms with E-state index in [2.05, 4.69) is 5.32 Å². The number of benzene rings is 1. The van der Waals surface area contributed by atoms with Gasteiger partial charge in [0.15, 0.2) is 11.5 Å². The summed E-state index contributed by atoms with van der Waals surface area (Å²) in [5.74, 6) is -0.721. The molecule has 1 aromatic rings. The largest absolute Gasteiger partial charge is 0.504 e. The van der Waals surface area contributed by atoms with Gasteiger partial charge < -0.3 is 15.2 Å². The molecule has 0 amide bonds. The van der Waals surface area contributed by atoms with Gasteiger partial charge in [0.1, 0.15) is 6.04 Å². The summed E-state index contributed by atoms with van der Waals surface area (Å²) in [5, 5.41) is 22.2. The van der Waals surface area contributed by atoms with Gasteiger partial charge in [0.2, 0.25) is 0 Å². The van der Waals surface area contributed by atoms with Crippen LogP contribution in [0.3, 0.4) is 0 Å². The number of nitrogens with one attached hydrogen (secondary N) is 1. The topological polar surface area (TPSA) is 68.5 Å². The fourth-order valence-corrected chi connectivity index (χ4v) is 2.62. The SMILES string of the molecule is COc1ccc(C#N)c([C@H](N2CCNCC2)C(F)(F)F)c1O. The lowest BCUT2D eigenvalue weighted by molar-refractivity contribution is -0.188. The van der Waals surface area contributed by atoms with Crippen LogP contribution in [0.1, 0.15) is 17.2 Å². The van der Waals surface area contributed by atoms with Crippen molar-refractivity contribution in [3.63, 3.8) is 0 Å². The second kappa shape index (κ2) is 6.42. The standard InChI is InChI=1S/C14H16F3N3O2/c1-22-10-3-2-9(8-18)11(12(10)21)13(14(15,16)17)20-6-4-19-5-7-20/h2-3,13,19,21H,4-7H2,1H3/t13-/m0/s1. The molecule has 1 saturated heterocycles. The van der Waals surface area contributed by atoms with Crippen LogP contribution < -0.4 is 10.1 Å². The number of ether oxygens (including phenoxy) is 1. The Bertz CT molecular complexity index is 578. The summed E-state index contributed by atoms with van der Waals surface area (Å²) in [6.45, 7) is 1.18. The molecule has 0 aliphatic carbocycles. The number of alkyl halides is 3. The lowest BCUT2D eigenvalue weighted by atomic mass is 9.96. The summed E-state index contributed by atoms with van der Waals surface area (Å²) in [6.07, 6.45) is -4.62. The van der Waals surface area contributed by atoms with Gasteiger partial charge in [-0.05, 0) is 12.1 Å². The summed E-state index contributed by atoms with van der Waals surface area (Å²) in [6, 6.07) is 2.19. The number of nitriles is 1. The summed E-state index contributed by atoms with van der Waals surface area (Å²) in [5.41, 5.74) is -0.657. The van der Waals surface area contributed by atoms with E-state index in [-0.39, 0.29) is 24.4 Å². The first-order valence-electron chi connectivity index (χ1n) is 6.71. The van der Waals surface area contributed by atoms with Crippen molar-refractivity contribution in [2.75, 3.05) is 33.3 Å². The van der Waals surface area contributed by atoms with Crippen LogP contribution >= 0.6 is 0 Å². The highest BCUT2D eigenvalue weighted by Crippen LogP contribution is 2.45. The molecule has 1 aliphatic heterocycles. The lowest BCUT2D eigenvalue weighted by Gasteiger charge is -2.36. The van der Waals surface area contributed by atoms with Crippen molar-refractivity contribution in [1.82, 2.24) is 10.2 Å². The number of piperazine rings is 1. The molecule has 120 valence electrons. The number of nitrogens with zero attached hydrogens (tertiary/aromatic N) is 2. The Balaban J connectivity index is 2.58. The molecule has 1 aromatic carbocycles. The van der Waals surface area contributed by atoms with Crippen molar-refractivity contribution in [2.45, 2.75) is 12.2 Å². The van der Waals surface area contributed by atoms with Crippen molar-refractivity contribution >= 4 is 0 Å². The van der Waals surface area contributed by atoms with Gasteiger partial charge >= 0.3 is 6.18 Å². The molecule has 5 nitrogen and oxygen atoms in total. The summed E-state index contributed by atoms with van der Waals surface area (Å²) in [4.78, 5) is 1.21. The predicted molar refractivity (Wildman–Crippen MR) is 72.6 cm³/mol. The van der Waals surface area contributed by atoms with E-state index in [4.69, 9.17) is 10.00 Å². The molecule has 22 heavy (non-hydrogen) atoms. The van der Waals surface area contributed by atoms with Crippen molar-refractivity contribution in [1.29, 1.82) is 5.26 Å². The van der Waals surface area contributed by atoms with Gasteiger partial charge in [0.05, 0.1) is 18.7 Å². The first kappa shape index (κ1) is 16.4. The number of methoxy groups -OCH3 is 1. The maximum atomic E-state index is 13.6. The molecule has 1 aliphatic rings. The number of hydrogen-bond acceptors (Lipinski definition) is 5. The van der Waals surface area contributed by atoms with Crippen LogP contribution in [-0.4, -0.2) is 49.5 Å². The Morgan fingerprint density at radius 1 is 1.36 bits per heavy atom. The third-order valence-electron chi connectivity index (χ3n) is 3.62. The molecule has 0 radical (unpaired) electrons. The monoisotopic (exact) mass is 315 g/mol. The van der Waals surface area contributed by atoms with Crippen molar-refractivity contribution in [2.24, 2.45) is 0 Å². The molecule has 1 fully saturated rings. The number of aromatic hydroxyl groups is 1. The molecule has 0 saturated carbocycles. The molecular formula is C14H16F3N3O2.